The number of nitrogens with zero attached hydrogens (tertiary/aromatic N) is 1. The number of amides is 1. The van der Waals surface area contributed by atoms with Gasteiger partial charge in [-0.1, -0.05) is 24.6 Å². The lowest BCUT2D eigenvalue weighted by atomic mass is 9.83. The van der Waals surface area contributed by atoms with Gasteiger partial charge >= 0.3 is 0 Å². The monoisotopic (exact) mass is 324 g/mol. The van der Waals surface area contributed by atoms with E-state index in [1.165, 1.54) is 31.3 Å². The summed E-state index contributed by atoms with van der Waals surface area (Å²) in [6, 6.07) is 0.840. The highest BCUT2D eigenvalue weighted by Crippen LogP contribution is 2.49. The van der Waals surface area contributed by atoms with Crippen molar-refractivity contribution in [2.45, 2.75) is 51.1 Å². The molecule has 2 aliphatic heterocycles. The first-order valence-electron chi connectivity index (χ1n) is 9.84. The van der Waals surface area contributed by atoms with Gasteiger partial charge in [-0.3, -0.25) is 4.79 Å². The molecule has 3 fully saturated rings. The molecule has 2 heterocycles. The fraction of sp³-hybridized carbons (Fsp3) is 0.667. The van der Waals surface area contributed by atoms with Gasteiger partial charge in [-0.2, -0.15) is 0 Å². The van der Waals surface area contributed by atoms with Crippen LogP contribution in [0.5, 0.6) is 0 Å². The molecule has 128 valence electrons. The van der Waals surface area contributed by atoms with Crippen molar-refractivity contribution in [3.8, 4) is 0 Å². The summed E-state index contributed by atoms with van der Waals surface area (Å²) in [5.41, 5.74) is 2.30. The molecule has 0 aromatic carbocycles. The minimum atomic E-state index is 0.266. The Hall–Kier alpha value is -1.35. The maximum absolute atomic E-state index is 12.9. The zero-order valence-electron chi connectivity index (χ0n) is 14.6. The van der Waals surface area contributed by atoms with E-state index < -0.39 is 0 Å². The zero-order valence-corrected chi connectivity index (χ0v) is 14.6. The van der Waals surface area contributed by atoms with Crippen LogP contribution >= 0.6 is 0 Å². The van der Waals surface area contributed by atoms with Gasteiger partial charge in [0.05, 0.1) is 6.04 Å². The number of carbonyl (C=O) groups is 1. The second-order valence-corrected chi connectivity index (χ2v) is 8.63. The topological polar surface area (TPSA) is 32.3 Å². The molecular formula is C21H28N2O. The molecular weight excluding hydrogens is 296 g/mol. The van der Waals surface area contributed by atoms with Crippen molar-refractivity contribution < 1.29 is 4.79 Å². The van der Waals surface area contributed by atoms with Gasteiger partial charge in [0.25, 0.3) is 5.91 Å². The van der Waals surface area contributed by atoms with Crippen LogP contribution in [0.4, 0.5) is 0 Å². The first-order chi connectivity index (χ1) is 11.7. The van der Waals surface area contributed by atoms with Crippen molar-refractivity contribution >= 4 is 5.91 Å². The van der Waals surface area contributed by atoms with E-state index >= 15 is 0 Å². The van der Waals surface area contributed by atoms with Crippen LogP contribution in [0.1, 0.15) is 39.0 Å². The van der Waals surface area contributed by atoms with Crippen LogP contribution in [0.25, 0.3) is 0 Å². The van der Waals surface area contributed by atoms with Gasteiger partial charge in [-0.25, -0.2) is 0 Å². The summed E-state index contributed by atoms with van der Waals surface area (Å²) >= 11 is 0. The molecule has 1 amide bonds. The third-order valence-corrected chi connectivity index (χ3v) is 7.36. The first kappa shape index (κ1) is 14.9. The molecule has 1 saturated heterocycles. The second-order valence-electron chi connectivity index (χ2n) is 8.63. The molecule has 0 spiro atoms. The molecule has 5 aliphatic rings. The molecule has 3 aliphatic carbocycles. The van der Waals surface area contributed by atoms with Crippen LogP contribution in [0.2, 0.25) is 0 Å². The van der Waals surface area contributed by atoms with Crippen LogP contribution in [0.3, 0.4) is 0 Å². The van der Waals surface area contributed by atoms with E-state index in [9.17, 15) is 4.79 Å². The largest absolute Gasteiger partial charge is 0.331 e. The number of nitrogens with one attached hydrogen (secondary N) is 1. The van der Waals surface area contributed by atoms with Gasteiger partial charge < -0.3 is 10.2 Å². The summed E-state index contributed by atoms with van der Waals surface area (Å²) in [6.45, 7) is 3.97. The summed E-state index contributed by atoms with van der Waals surface area (Å²) in [5, 5.41) is 3.70. The molecule has 0 aromatic rings. The SMILES string of the molecule is CC(NCC1=CC2=CC=CC3CCN(C1=O)C23)C1CC2CCC1C2. The number of allylic oxidation sites excluding steroid dienone is 2. The lowest BCUT2D eigenvalue weighted by Gasteiger charge is -2.35. The average Bonchev–Trinajstić information content (AvgIpc) is 3.32. The Kier molecular flexibility index (Phi) is 3.48. The Morgan fingerprint density at radius 1 is 1.29 bits per heavy atom. The molecule has 5 rings (SSSR count). The molecule has 0 radical (unpaired) electrons. The van der Waals surface area contributed by atoms with Crippen LogP contribution < -0.4 is 5.32 Å². The number of hydrogen-bond donors (Lipinski definition) is 1. The van der Waals surface area contributed by atoms with Crippen LogP contribution in [0, 0.1) is 23.7 Å². The van der Waals surface area contributed by atoms with E-state index in [-0.39, 0.29) is 5.91 Å². The molecule has 3 heteroatoms. The van der Waals surface area contributed by atoms with Gasteiger partial charge in [0.2, 0.25) is 0 Å². The van der Waals surface area contributed by atoms with E-state index in [4.69, 9.17) is 0 Å². The number of rotatable bonds is 4. The first-order valence-corrected chi connectivity index (χ1v) is 9.84. The van der Waals surface area contributed by atoms with Crippen molar-refractivity contribution in [2.75, 3.05) is 13.1 Å². The normalized spacial score (nSPS) is 40.6. The third kappa shape index (κ3) is 2.24. The lowest BCUT2D eigenvalue weighted by Crippen LogP contribution is -2.46. The van der Waals surface area contributed by atoms with Crippen molar-refractivity contribution in [3.05, 3.63) is 35.5 Å². The Morgan fingerprint density at radius 3 is 3.00 bits per heavy atom. The number of fused-ring (bicyclic) bond motifs is 2. The minimum Gasteiger partial charge on any atom is -0.331 e. The Bertz CT molecular complexity index is 646. The third-order valence-electron chi connectivity index (χ3n) is 7.36. The van der Waals surface area contributed by atoms with Gasteiger partial charge in [0.15, 0.2) is 0 Å². The van der Waals surface area contributed by atoms with E-state index in [2.05, 4.69) is 41.4 Å². The van der Waals surface area contributed by atoms with E-state index in [1.54, 1.807) is 0 Å². The molecule has 3 nitrogen and oxygen atoms in total. The van der Waals surface area contributed by atoms with Crippen LogP contribution in [-0.2, 0) is 4.79 Å². The molecule has 6 unspecified atom stereocenters. The fourth-order valence-electron chi connectivity index (χ4n) is 6.12. The van der Waals surface area contributed by atoms with Crippen molar-refractivity contribution in [1.29, 1.82) is 0 Å². The summed E-state index contributed by atoms with van der Waals surface area (Å²) in [6.07, 6.45) is 15.7. The summed E-state index contributed by atoms with van der Waals surface area (Å²) < 4.78 is 0. The van der Waals surface area contributed by atoms with E-state index in [1.807, 2.05) is 0 Å². The zero-order chi connectivity index (χ0) is 16.3. The van der Waals surface area contributed by atoms with Gasteiger partial charge in [-0.15, -0.1) is 0 Å². The predicted molar refractivity (Wildman–Crippen MR) is 95.3 cm³/mol. The van der Waals surface area contributed by atoms with Crippen molar-refractivity contribution in [1.82, 2.24) is 10.2 Å². The smallest absolute Gasteiger partial charge is 0.251 e. The maximum atomic E-state index is 12.9. The molecule has 24 heavy (non-hydrogen) atoms. The molecule has 2 bridgehead atoms. The van der Waals surface area contributed by atoms with Gasteiger partial charge in [0.1, 0.15) is 0 Å². The van der Waals surface area contributed by atoms with Crippen LogP contribution in [0.15, 0.2) is 35.5 Å². The van der Waals surface area contributed by atoms with Gasteiger partial charge in [-0.05, 0) is 62.0 Å². The summed E-state index contributed by atoms with van der Waals surface area (Å²) in [4.78, 5) is 15.0. The molecule has 0 aromatic heterocycles. The second kappa shape index (κ2) is 5.59. The van der Waals surface area contributed by atoms with E-state index in [0.717, 1.165) is 42.8 Å². The van der Waals surface area contributed by atoms with E-state index in [0.29, 0.717) is 18.0 Å². The summed E-state index contributed by atoms with van der Waals surface area (Å²) in [5.74, 6) is 3.55. The molecule has 2 saturated carbocycles. The highest BCUT2D eigenvalue weighted by atomic mass is 16.2. The van der Waals surface area contributed by atoms with Crippen molar-refractivity contribution in [3.63, 3.8) is 0 Å². The van der Waals surface area contributed by atoms with Crippen molar-refractivity contribution in [2.24, 2.45) is 23.7 Å². The summed E-state index contributed by atoms with van der Waals surface area (Å²) in [7, 11) is 0. The maximum Gasteiger partial charge on any atom is 0.251 e. The standard InChI is InChI=1S/C21H28N2O/c1-13(19-10-14-5-6-16(19)9-14)22-12-18-11-17-4-2-3-15-7-8-23(20(15)17)21(18)24/h2-4,11,13-16,19-20,22H,5-10,12H2,1H3. The van der Waals surface area contributed by atoms with Crippen LogP contribution in [-0.4, -0.2) is 36.0 Å². The fourth-order valence-corrected chi connectivity index (χ4v) is 6.12. The Balaban J connectivity index is 1.29. The average molecular weight is 324 g/mol. The highest BCUT2D eigenvalue weighted by molar-refractivity contribution is 5.97. The number of hydrogen-bond acceptors (Lipinski definition) is 2. The highest BCUT2D eigenvalue weighted by Gasteiger charge is 2.43. The Morgan fingerprint density at radius 2 is 2.21 bits per heavy atom. The predicted octanol–water partition coefficient (Wildman–Crippen LogP) is 3.05. The minimum absolute atomic E-state index is 0.266. The Labute approximate surface area is 144 Å². The quantitative estimate of drug-likeness (QED) is 0.862. The lowest BCUT2D eigenvalue weighted by molar-refractivity contribution is -0.128. The molecule has 6 atom stereocenters. The molecule has 1 N–H and O–H groups in total. The number of carbonyl (C=O) groups excluding carboxylic acids is 1. The van der Waals surface area contributed by atoms with Gasteiger partial charge in [0, 0.05) is 30.6 Å².